The number of nitrogens with two attached hydrogens (primary N) is 1. The van der Waals surface area contributed by atoms with Crippen molar-refractivity contribution in [1.82, 2.24) is 19.9 Å². The zero-order chi connectivity index (χ0) is 40.0. The molecule has 2 aliphatic carbocycles. The summed E-state index contributed by atoms with van der Waals surface area (Å²) >= 11 is 0. The van der Waals surface area contributed by atoms with E-state index < -0.39 is 67.6 Å². The highest BCUT2D eigenvalue weighted by Gasteiger charge is 2.63. The fourth-order valence-electron chi connectivity index (χ4n) is 7.57. The summed E-state index contributed by atoms with van der Waals surface area (Å²) in [4.78, 5) is 48.8. The number of pyridine rings is 1. The molecule has 3 amide bonds. The molecule has 0 unspecified atom stereocenters. The van der Waals surface area contributed by atoms with Gasteiger partial charge in [0.15, 0.2) is 0 Å². The standard InChI is InChI=1S/C43H49N5O7S/c1-6-29-25-43(29,40(51)47-56(52,53)42(19-20-42)24-27-13-9-7-10-14-27)46-38(49)35-22-31(26-48(35)39(50)37(44)41(2,3)4)55-36-23-33(28-15-11-8-12-16-28)45-34-21-30(54-5)17-18-32(34)36/h6-18,21,23,29,31,35,37H,1,19-20,22,24-26,44H2,2-5H3,(H,46,49)(H,47,51)/t29-,31-,35+,37-,43-/m1/s1. The molecule has 0 bridgehead atoms. The molecule has 294 valence electrons. The smallest absolute Gasteiger partial charge is 0.259 e. The summed E-state index contributed by atoms with van der Waals surface area (Å²) < 4.78 is 40.9. The Morgan fingerprint density at radius 1 is 1.04 bits per heavy atom. The number of hydrogen-bond acceptors (Lipinski definition) is 9. The maximum absolute atomic E-state index is 14.4. The van der Waals surface area contributed by atoms with Gasteiger partial charge in [-0.25, -0.2) is 13.4 Å². The number of nitrogens with zero attached hydrogens (tertiary/aromatic N) is 2. The predicted octanol–water partition coefficient (Wildman–Crippen LogP) is 4.91. The zero-order valence-corrected chi connectivity index (χ0v) is 33.0. The van der Waals surface area contributed by atoms with Crippen LogP contribution in [-0.4, -0.2) is 78.2 Å². The van der Waals surface area contributed by atoms with Crippen molar-refractivity contribution in [1.29, 1.82) is 0 Å². The molecule has 7 rings (SSSR count). The second-order valence-electron chi connectivity index (χ2n) is 16.4. The summed E-state index contributed by atoms with van der Waals surface area (Å²) in [6.07, 6.45) is 2.23. The minimum absolute atomic E-state index is 0.0435. The third kappa shape index (κ3) is 7.49. The Kier molecular flexibility index (Phi) is 10.2. The van der Waals surface area contributed by atoms with E-state index in [2.05, 4.69) is 16.6 Å². The number of sulfonamides is 1. The van der Waals surface area contributed by atoms with Gasteiger partial charge in [-0.15, -0.1) is 6.58 Å². The van der Waals surface area contributed by atoms with Crippen LogP contribution in [0.3, 0.4) is 0 Å². The molecule has 56 heavy (non-hydrogen) atoms. The summed E-state index contributed by atoms with van der Waals surface area (Å²) in [6.45, 7) is 9.43. The van der Waals surface area contributed by atoms with Crippen molar-refractivity contribution >= 4 is 38.6 Å². The number of rotatable bonds is 13. The quantitative estimate of drug-likeness (QED) is 0.160. The second kappa shape index (κ2) is 14.7. The lowest BCUT2D eigenvalue weighted by Crippen LogP contribution is -2.59. The van der Waals surface area contributed by atoms with E-state index >= 15 is 0 Å². The van der Waals surface area contributed by atoms with Crippen molar-refractivity contribution in [3.63, 3.8) is 0 Å². The Bertz CT molecular complexity index is 2270. The van der Waals surface area contributed by atoms with Crippen LogP contribution < -0.4 is 25.2 Å². The van der Waals surface area contributed by atoms with Crippen LogP contribution in [0.2, 0.25) is 0 Å². The lowest BCUT2D eigenvalue weighted by atomic mass is 9.86. The molecule has 5 atom stereocenters. The van der Waals surface area contributed by atoms with Crippen LogP contribution in [0, 0.1) is 11.3 Å². The lowest BCUT2D eigenvalue weighted by molar-refractivity contribution is -0.142. The third-order valence-corrected chi connectivity index (χ3v) is 13.6. The number of carbonyl (C=O) groups excluding carboxylic acids is 3. The largest absolute Gasteiger partial charge is 0.497 e. The van der Waals surface area contributed by atoms with E-state index in [1.807, 2.05) is 106 Å². The molecule has 4 N–H and O–H groups in total. The molecule has 3 aliphatic rings. The second-order valence-corrected chi connectivity index (χ2v) is 18.4. The number of nitrogens with one attached hydrogen (secondary N) is 2. The Morgan fingerprint density at radius 3 is 2.32 bits per heavy atom. The Hall–Kier alpha value is -5.27. The molecule has 3 fully saturated rings. The fraction of sp³-hybridized carbons (Fsp3) is 0.395. The van der Waals surface area contributed by atoms with Crippen LogP contribution >= 0.6 is 0 Å². The van der Waals surface area contributed by atoms with Gasteiger partial charge in [-0.2, -0.15) is 0 Å². The molecular weight excluding hydrogens is 731 g/mol. The first-order valence-electron chi connectivity index (χ1n) is 18.9. The topological polar surface area (TPSA) is 170 Å². The van der Waals surface area contributed by atoms with Gasteiger partial charge in [0.05, 0.1) is 35.7 Å². The van der Waals surface area contributed by atoms with Crippen molar-refractivity contribution in [2.75, 3.05) is 13.7 Å². The molecule has 2 heterocycles. The highest BCUT2D eigenvalue weighted by atomic mass is 32.2. The number of fused-ring (bicyclic) bond motifs is 1. The Morgan fingerprint density at radius 2 is 1.71 bits per heavy atom. The number of benzene rings is 3. The van der Waals surface area contributed by atoms with E-state index in [0.29, 0.717) is 40.9 Å². The zero-order valence-electron chi connectivity index (χ0n) is 32.2. The molecule has 13 heteroatoms. The number of ether oxygens (including phenoxy) is 2. The highest BCUT2D eigenvalue weighted by molar-refractivity contribution is 7.91. The number of likely N-dealkylation sites (tertiary alicyclic amines) is 1. The fourth-order valence-corrected chi connectivity index (χ4v) is 9.21. The number of hydrogen-bond donors (Lipinski definition) is 3. The molecule has 12 nitrogen and oxygen atoms in total. The van der Waals surface area contributed by atoms with Gasteiger partial charge in [-0.3, -0.25) is 19.1 Å². The monoisotopic (exact) mass is 779 g/mol. The molecule has 0 radical (unpaired) electrons. The van der Waals surface area contributed by atoms with Crippen LogP contribution in [0.15, 0.2) is 97.6 Å². The van der Waals surface area contributed by atoms with Crippen molar-refractivity contribution in [2.24, 2.45) is 17.1 Å². The predicted molar refractivity (Wildman–Crippen MR) is 214 cm³/mol. The molecule has 1 aromatic heterocycles. The normalized spacial score (nSPS) is 23.2. The molecule has 2 saturated carbocycles. The van der Waals surface area contributed by atoms with Gasteiger partial charge < -0.3 is 25.4 Å². The van der Waals surface area contributed by atoms with E-state index in [0.717, 1.165) is 11.1 Å². The summed E-state index contributed by atoms with van der Waals surface area (Å²) in [5.74, 6) is -1.25. The summed E-state index contributed by atoms with van der Waals surface area (Å²) in [5.41, 5.74) is 7.35. The van der Waals surface area contributed by atoms with Gasteiger partial charge in [0.1, 0.15) is 29.2 Å². The van der Waals surface area contributed by atoms with Gasteiger partial charge in [0.25, 0.3) is 5.91 Å². The first-order valence-corrected chi connectivity index (χ1v) is 20.4. The lowest BCUT2D eigenvalue weighted by Gasteiger charge is -2.33. The van der Waals surface area contributed by atoms with E-state index in [1.165, 1.54) is 11.0 Å². The maximum atomic E-state index is 14.4. The van der Waals surface area contributed by atoms with Crippen LogP contribution in [0.25, 0.3) is 22.2 Å². The molecular formula is C43H49N5O7S. The van der Waals surface area contributed by atoms with E-state index in [-0.39, 0.29) is 25.8 Å². The third-order valence-electron chi connectivity index (χ3n) is 11.4. The molecule has 3 aromatic carbocycles. The van der Waals surface area contributed by atoms with Gasteiger partial charge in [-0.1, -0.05) is 87.5 Å². The number of aromatic nitrogens is 1. The van der Waals surface area contributed by atoms with Gasteiger partial charge in [0, 0.05) is 35.4 Å². The summed E-state index contributed by atoms with van der Waals surface area (Å²) in [7, 11) is -2.53. The molecule has 0 spiro atoms. The van der Waals surface area contributed by atoms with Crippen molar-refractivity contribution in [2.45, 2.75) is 81.3 Å². The van der Waals surface area contributed by atoms with Crippen LogP contribution in [-0.2, 0) is 30.8 Å². The SMILES string of the molecule is C=C[C@@H]1C[C@]1(NC(=O)[C@@H]1C[C@@H](Oc2cc(-c3ccccc3)nc3cc(OC)ccc23)CN1C(=O)[C@@H](N)C(C)(C)C)C(=O)NS(=O)(=O)C1(Cc2ccccc2)CC1. The highest BCUT2D eigenvalue weighted by Crippen LogP contribution is 2.48. The first-order chi connectivity index (χ1) is 26.6. The summed E-state index contributed by atoms with van der Waals surface area (Å²) in [6, 6.07) is 24.2. The number of carbonyl (C=O) groups is 3. The minimum Gasteiger partial charge on any atom is -0.497 e. The average Bonchev–Trinajstić information content (AvgIpc) is 4.08. The number of amides is 3. The summed E-state index contributed by atoms with van der Waals surface area (Å²) in [5, 5.41) is 3.59. The van der Waals surface area contributed by atoms with Gasteiger partial charge >= 0.3 is 0 Å². The minimum atomic E-state index is -4.12. The van der Waals surface area contributed by atoms with Crippen LogP contribution in [0.5, 0.6) is 11.5 Å². The van der Waals surface area contributed by atoms with E-state index in [9.17, 15) is 22.8 Å². The van der Waals surface area contributed by atoms with Crippen molar-refractivity contribution < 1.29 is 32.3 Å². The average molecular weight is 780 g/mol. The van der Waals surface area contributed by atoms with Crippen LogP contribution in [0.4, 0.5) is 0 Å². The van der Waals surface area contributed by atoms with E-state index in [4.69, 9.17) is 20.2 Å². The molecule has 4 aromatic rings. The maximum Gasteiger partial charge on any atom is 0.259 e. The molecule has 1 aliphatic heterocycles. The van der Waals surface area contributed by atoms with E-state index in [1.54, 1.807) is 7.11 Å². The molecule has 1 saturated heterocycles. The van der Waals surface area contributed by atoms with Crippen LogP contribution in [0.1, 0.15) is 52.0 Å². The van der Waals surface area contributed by atoms with Gasteiger partial charge in [-0.05, 0) is 48.8 Å². The Labute approximate surface area is 327 Å². The van der Waals surface area contributed by atoms with Crippen molar-refractivity contribution in [3.8, 4) is 22.8 Å². The first kappa shape index (κ1) is 39.0. The van der Waals surface area contributed by atoms with Gasteiger partial charge in [0.2, 0.25) is 21.8 Å². The van der Waals surface area contributed by atoms with Crippen molar-refractivity contribution in [3.05, 3.63) is 103 Å². The number of methoxy groups -OCH3 is 1. The Balaban J connectivity index is 1.16.